The van der Waals surface area contributed by atoms with Gasteiger partial charge in [0.05, 0.1) is 6.42 Å². The van der Waals surface area contributed by atoms with Crippen LogP contribution < -0.4 is 15.4 Å². The van der Waals surface area contributed by atoms with Gasteiger partial charge in [-0.2, -0.15) is 0 Å². The number of benzene rings is 1. The lowest BCUT2D eigenvalue weighted by molar-refractivity contribution is -0.135. The molecule has 8 nitrogen and oxygen atoms in total. The third-order valence-corrected chi connectivity index (χ3v) is 4.65. The topological polar surface area (TPSA) is 105 Å². The number of ether oxygens (including phenoxy) is 1. The van der Waals surface area contributed by atoms with E-state index in [0.717, 1.165) is 17.7 Å². The molecule has 1 aliphatic heterocycles. The summed E-state index contributed by atoms with van der Waals surface area (Å²) < 4.78 is 5.20. The van der Waals surface area contributed by atoms with Gasteiger partial charge in [-0.1, -0.05) is 12.8 Å². The number of nitrogens with one attached hydrogen (secondary N) is 2. The molecular weight excluding hydrogens is 338 g/mol. The van der Waals surface area contributed by atoms with Crippen molar-refractivity contribution in [3.8, 4) is 5.75 Å². The Balaban J connectivity index is 1.52. The molecule has 1 saturated heterocycles. The number of carbonyl (C=O) groups is 4. The lowest BCUT2D eigenvalue weighted by Gasteiger charge is -2.19. The van der Waals surface area contributed by atoms with Crippen molar-refractivity contribution in [2.45, 2.75) is 44.6 Å². The van der Waals surface area contributed by atoms with E-state index in [0.29, 0.717) is 24.3 Å². The number of hydrogen-bond acceptors (Lipinski definition) is 5. The minimum Gasteiger partial charge on any atom is -0.426 e. The van der Waals surface area contributed by atoms with Crippen molar-refractivity contribution in [1.29, 1.82) is 0 Å². The van der Waals surface area contributed by atoms with Crippen LogP contribution in [0.1, 0.15) is 39.0 Å². The van der Waals surface area contributed by atoms with Crippen LogP contribution in [-0.2, 0) is 14.4 Å². The molecule has 2 fully saturated rings. The summed E-state index contributed by atoms with van der Waals surface area (Å²) in [7, 11) is 0. The molecule has 1 saturated carbocycles. The summed E-state index contributed by atoms with van der Waals surface area (Å²) in [5.41, 5.74) is -0.168. The van der Waals surface area contributed by atoms with Gasteiger partial charge in [0.25, 0.3) is 5.91 Å². The standard InChI is InChI=1S/C18H21N3O5/c1-12(22)19-13-4-6-14(7-5-13)26-15(23)8-11-21-16(24)18(20-17(21)25)9-2-3-10-18/h4-7H,2-3,8-11H2,1H3,(H,19,22)(H,20,25). The number of amides is 4. The average molecular weight is 359 g/mol. The van der Waals surface area contributed by atoms with Gasteiger partial charge in [0.1, 0.15) is 11.3 Å². The maximum absolute atomic E-state index is 12.5. The van der Waals surface area contributed by atoms with Crippen LogP contribution in [0, 0.1) is 0 Å². The number of carbonyl (C=O) groups excluding carboxylic acids is 4. The highest BCUT2D eigenvalue weighted by Crippen LogP contribution is 2.35. The van der Waals surface area contributed by atoms with Crippen LogP contribution >= 0.6 is 0 Å². The molecule has 8 heteroatoms. The fraction of sp³-hybridized carbons (Fsp3) is 0.444. The SMILES string of the molecule is CC(=O)Nc1ccc(OC(=O)CCN2C(=O)NC3(CCCC3)C2=O)cc1. The summed E-state index contributed by atoms with van der Waals surface area (Å²) in [6.07, 6.45) is 3.05. The predicted molar refractivity (Wildman–Crippen MR) is 92.4 cm³/mol. The summed E-state index contributed by atoms with van der Waals surface area (Å²) >= 11 is 0. The molecule has 1 spiro atoms. The van der Waals surface area contributed by atoms with E-state index in [1.807, 2.05) is 0 Å². The number of nitrogens with zero attached hydrogens (tertiary/aromatic N) is 1. The van der Waals surface area contributed by atoms with Gasteiger partial charge in [0.15, 0.2) is 0 Å². The van der Waals surface area contributed by atoms with Gasteiger partial charge in [-0.25, -0.2) is 4.79 Å². The highest BCUT2D eigenvalue weighted by atomic mass is 16.5. The van der Waals surface area contributed by atoms with Crippen molar-refractivity contribution >= 4 is 29.5 Å². The normalized spacial score (nSPS) is 18.1. The second-order valence-corrected chi connectivity index (χ2v) is 6.61. The van der Waals surface area contributed by atoms with Gasteiger partial charge in [0, 0.05) is 19.2 Å². The largest absolute Gasteiger partial charge is 0.426 e. The Bertz CT molecular complexity index is 738. The fourth-order valence-corrected chi connectivity index (χ4v) is 3.39. The quantitative estimate of drug-likeness (QED) is 0.474. The fourth-order valence-electron chi connectivity index (χ4n) is 3.39. The van der Waals surface area contributed by atoms with Crippen molar-refractivity contribution in [2.75, 3.05) is 11.9 Å². The van der Waals surface area contributed by atoms with Gasteiger partial charge in [-0.3, -0.25) is 19.3 Å². The zero-order valence-electron chi connectivity index (χ0n) is 14.5. The molecule has 4 amide bonds. The molecule has 138 valence electrons. The summed E-state index contributed by atoms with van der Waals surface area (Å²) in [6, 6.07) is 5.91. The van der Waals surface area contributed by atoms with E-state index in [1.54, 1.807) is 24.3 Å². The molecule has 3 rings (SSSR count). The van der Waals surface area contributed by atoms with E-state index in [2.05, 4.69) is 10.6 Å². The maximum Gasteiger partial charge on any atom is 0.325 e. The third kappa shape index (κ3) is 3.68. The van der Waals surface area contributed by atoms with Crippen LogP contribution in [0.25, 0.3) is 0 Å². The van der Waals surface area contributed by atoms with Crippen LogP contribution in [0.5, 0.6) is 5.75 Å². The summed E-state index contributed by atoms with van der Waals surface area (Å²) in [6.45, 7) is 1.40. The van der Waals surface area contributed by atoms with Crippen molar-refractivity contribution < 1.29 is 23.9 Å². The third-order valence-electron chi connectivity index (χ3n) is 4.65. The molecule has 26 heavy (non-hydrogen) atoms. The van der Waals surface area contributed by atoms with Gasteiger partial charge in [-0.15, -0.1) is 0 Å². The molecule has 0 aromatic heterocycles. The van der Waals surface area contributed by atoms with Crippen molar-refractivity contribution in [1.82, 2.24) is 10.2 Å². The number of anilines is 1. The first-order valence-corrected chi connectivity index (χ1v) is 8.62. The molecular formula is C18H21N3O5. The van der Waals surface area contributed by atoms with Gasteiger partial charge >= 0.3 is 12.0 Å². The number of hydrogen-bond donors (Lipinski definition) is 2. The Kier molecular flexibility index (Phi) is 4.92. The Labute approximate surface area is 150 Å². The lowest BCUT2D eigenvalue weighted by Crippen LogP contribution is -2.44. The molecule has 0 unspecified atom stereocenters. The molecule has 0 radical (unpaired) electrons. The monoisotopic (exact) mass is 359 g/mol. The van der Waals surface area contributed by atoms with E-state index < -0.39 is 17.5 Å². The van der Waals surface area contributed by atoms with Crippen molar-refractivity contribution in [3.63, 3.8) is 0 Å². The number of esters is 1. The van der Waals surface area contributed by atoms with E-state index in [-0.39, 0.29) is 24.8 Å². The van der Waals surface area contributed by atoms with Crippen LogP contribution in [0.3, 0.4) is 0 Å². The molecule has 2 aliphatic rings. The molecule has 1 heterocycles. The molecule has 0 bridgehead atoms. The molecule has 0 atom stereocenters. The van der Waals surface area contributed by atoms with E-state index in [9.17, 15) is 19.2 Å². The number of urea groups is 1. The predicted octanol–water partition coefficient (Wildman–Crippen LogP) is 1.81. The number of imide groups is 1. The highest BCUT2D eigenvalue weighted by molar-refractivity contribution is 6.07. The second-order valence-electron chi connectivity index (χ2n) is 6.61. The zero-order chi connectivity index (χ0) is 18.7. The Morgan fingerprint density at radius 2 is 1.85 bits per heavy atom. The smallest absolute Gasteiger partial charge is 0.325 e. The molecule has 2 N–H and O–H groups in total. The first-order chi connectivity index (χ1) is 12.4. The van der Waals surface area contributed by atoms with E-state index >= 15 is 0 Å². The zero-order valence-corrected chi connectivity index (χ0v) is 14.5. The van der Waals surface area contributed by atoms with Crippen LogP contribution in [-0.4, -0.2) is 40.8 Å². The van der Waals surface area contributed by atoms with Crippen LogP contribution in [0.15, 0.2) is 24.3 Å². The van der Waals surface area contributed by atoms with Crippen LogP contribution in [0.4, 0.5) is 10.5 Å². The summed E-state index contributed by atoms with van der Waals surface area (Å²) in [5, 5.41) is 5.39. The molecule has 1 aliphatic carbocycles. The highest BCUT2D eigenvalue weighted by Gasteiger charge is 2.52. The first kappa shape index (κ1) is 17.9. The average Bonchev–Trinajstić information content (AvgIpc) is 3.14. The van der Waals surface area contributed by atoms with E-state index in [1.165, 1.54) is 6.92 Å². The van der Waals surface area contributed by atoms with Gasteiger partial charge < -0.3 is 15.4 Å². The second kappa shape index (κ2) is 7.15. The Hall–Kier alpha value is -2.90. The molecule has 1 aromatic carbocycles. The maximum atomic E-state index is 12.5. The minimum absolute atomic E-state index is 0.00474. The van der Waals surface area contributed by atoms with Crippen molar-refractivity contribution in [2.24, 2.45) is 0 Å². The van der Waals surface area contributed by atoms with E-state index in [4.69, 9.17) is 4.74 Å². The van der Waals surface area contributed by atoms with Crippen LogP contribution in [0.2, 0.25) is 0 Å². The minimum atomic E-state index is -0.763. The summed E-state index contributed by atoms with van der Waals surface area (Å²) in [4.78, 5) is 48.6. The molecule has 1 aromatic rings. The Morgan fingerprint density at radius 1 is 1.19 bits per heavy atom. The number of rotatable bonds is 5. The first-order valence-electron chi connectivity index (χ1n) is 8.62. The Morgan fingerprint density at radius 3 is 2.46 bits per heavy atom. The van der Waals surface area contributed by atoms with Gasteiger partial charge in [0.2, 0.25) is 5.91 Å². The van der Waals surface area contributed by atoms with Gasteiger partial charge in [-0.05, 0) is 37.1 Å². The van der Waals surface area contributed by atoms with Crippen molar-refractivity contribution in [3.05, 3.63) is 24.3 Å². The lowest BCUT2D eigenvalue weighted by atomic mass is 9.98. The summed E-state index contributed by atoms with van der Waals surface area (Å²) in [5.74, 6) is -0.644.